The number of amides is 1. The Morgan fingerprint density at radius 3 is 2.95 bits per heavy atom. The summed E-state index contributed by atoms with van der Waals surface area (Å²) in [5.41, 5.74) is 0.714. The highest BCUT2D eigenvalue weighted by Gasteiger charge is 2.30. The lowest BCUT2D eigenvalue weighted by molar-refractivity contribution is -0.149. The van der Waals surface area contributed by atoms with Crippen LogP contribution in [0.25, 0.3) is 0 Å². The highest BCUT2D eigenvalue weighted by Crippen LogP contribution is 2.19. The topological polar surface area (TPSA) is 101 Å². The summed E-state index contributed by atoms with van der Waals surface area (Å²) in [4.78, 5) is 23.3. The molecule has 7 nitrogen and oxygen atoms in total. The first-order valence-corrected chi connectivity index (χ1v) is 7.36. The van der Waals surface area contributed by atoms with Crippen LogP contribution in [0.1, 0.15) is 41.6 Å². The minimum absolute atomic E-state index is 0.217. The van der Waals surface area contributed by atoms with Crippen molar-refractivity contribution < 1.29 is 19.4 Å². The minimum Gasteiger partial charge on any atom is -0.479 e. The van der Waals surface area contributed by atoms with Gasteiger partial charge in [-0.25, -0.2) is 4.79 Å². The van der Waals surface area contributed by atoms with Crippen molar-refractivity contribution >= 4 is 23.4 Å². The van der Waals surface area contributed by atoms with Gasteiger partial charge in [-0.05, 0) is 30.8 Å². The Morgan fingerprint density at radius 1 is 1.50 bits per heavy atom. The average Bonchev–Trinajstić information content (AvgIpc) is 3.05. The Kier molecular flexibility index (Phi) is 5.02. The van der Waals surface area contributed by atoms with Crippen molar-refractivity contribution in [1.29, 1.82) is 0 Å². The SMILES string of the molecule is CCCc1nnsc1C(=O)NCC1CCC(C(=O)O)O1. The fourth-order valence-corrected chi connectivity index (χ4v) is 2.73. The zero-order valence-corrected chi connectivity index (χ0v) is 12.0. The lowest BCUT2D eigenvalue weighted by Crippen LogP contribution is -2.33. The molecule has 0 saturated carbocycles. The van der Waals surface area contributed by atoms with Gasteiger partial charge in [0, 0.05) is 6.54 Å². The van der Waals surface area contributed by atoms with Crippen LogP contribution in [0.4, 0.5) is 0 Å². The highest BCUT2D eigenvalue weighted by atomic mass is 32.1. The first kappa shape index (κ1) is 14.9. The van der Waals surface area contributed by atoms with E-state index in [4.69, 9.17) is 9.84 Å². The van der Waals surface area contributed by atoms with E-state index in [0.717, 1.165) is 24.4 Å². The second kappa shape index (κ2) is 6.76. The van der Waals surface area contributed by atoms with Gasteiger partial charge >= 0.3 is 5.97 Å². The number of carbonyl (C=O) groups is 2. The molecule has 8 heteroatoms. The molecular formula is C12H17N3O4S. The van der Waals surface area contributed by atoms with Crippen LogP contribution in [0, 0.1) is 0 Å². The van der Waals surface area contributed by atoms with Gasteiger partial charge in [0.2, 0.25) is 0 Å². The molecule has 2 rings (SSSR count). The molecule has 0 aliphatic carbocycles. The monoisotopic (exact) mass is 299 g/mol. The van der Waals surface area contributed by atoms with Gasteiger partial charge in [-0.1, -0.05) is 17.8 Å². The van der Waals surface area contributed by atoms with E-state index in [0.29, 0.717) is 30.0 Å². The van der Waals surface area contributed by atoms with Gasteiger partial charge in [-0.15, -0.1) is 5.10 Å². The minimum atomic E-state index is -0.948. The van der Waals surface area contributed by atoms with E-state index >= 15 is 0 Å². The molecule has 1 aliphatic rings. The van der Waals surface area contributed by atoms with E-state index in [1.807, 2.05) is 6.92 Å². The maximum Gasteiger partial charge on any atom is 0.332 e. The third-order valence-electron chi connectivity index (χ3n) is 3.12. The maximum absolute atomic E-state index is 12.0. The van der Waals surface area contributed by atoms with E-state index in [-0.39, 0.29) is 12.0 Å². The van der Waals surface area contributed by atoms with Crippen LogP contribution in [0.15, 0.2) is 0 Å². The molecular weight excluding hydrogens is 282 g/mol. The molecule has 1 fully saturated rings. The van der Waals surface area contributed by atoms with Crippen LogP contribution in [-0.4, -0.2) is 45.3 Å². The Hall–Kier alpha value is -1.54. The molecule has 0 spiro atoms. The van der Waals surface area contributed by atoms with Gasteiger partial charge in [-0.3, -0.25) is 4.79 Å². The molecule has 2 unspecified atom stereocenters. The van der Waals surface area contributed by atoms with Crippen molar-refractivity contribution in [3.63, 3.8) is 0 Å². The fourth-order valence-electron chi connectivity index (χ4n) is 2.11. The number of aryl methyl sites for hydroxylation is 1. The summed E-state index contributed by atoms with van der Waals surface area (Å²) in [6, 6.07) is 0. The summed E-state index contributed by atoms with van der Waals surface area (Å²) in [6.07, 6.45) is 1.75. The standard InChI is InChI=1S/C12H17N3O4S/c1-2-3-8-10(20-15-14-8)11(16)13-6-7-4-5-9(19-7)12(17)18/h7,9H,2-6H2,1H3,(H,13,16)(H,17,18). The van der Waals surface area contributed by atoms with Crippen LogP contribution in [0.3, 0.4) is 0 Å². The number of hydrogen-bond acceptors (Lipinski definition) is 6. The van der Waals surface area contributed by atoms with Crippen LogP contribution in [0.2, 0.25) is 0 Å². The molecule has 2 atom stereocenters. The van der Waals surface area contributed by atoms with Crippen LogP contribution in [-0.2, 0) is 16.0 Å². The zero-order valence-electron chi connectivity index (χ0n) is 11.2. The van der Waals surface area contributed by atoms with Gasteiger partial charge in [0.25, 0.3) is 5.91 Å². The first-order chi connectivity index (χ1) is 9.61. The molecule has 2 heterocycles. The fraction of sp³-hybridized carbons (Fsp3) is 0.667. The summed E-state index contributed by atoms with van der Waals surface area (Å²) in [5, 5.41) is 15.5. The van der Waals surface area contributed by atoms with Crippen LogP contribution < -0.4 is 5.32 Å². The van der Waals surface area contributed by atoms with Gasteiger partial charge in [-0.2, -0.15) is 0 Å². The van der Waals surface area contributed by atoms with E-state index < -0.39 is 12.1 Å². The Balaban J connectivity index is 1.83. The predicted molar refractivity (Wildman–Crippen MR) is 71.8 cm³/mol. The number of ether oxygens (including phenoxy) is 1. The number of aliphatic carboxylic acids is 1. The Bertz CT molecular complexity index is 491. The number of aromatic nitrogens is 2. The van der Waals surface area contributed by atoms with Gasteiger partial charge in [0.15, 0.2) is 6.10 Å². The maximum atomic E-state index is 12.0. The quantitative estimate of drug-likeness (QED) is 0.807. The van der Waals surface area contributed by atoms with Gasteiger partial charge in [0.05, 0.1) is 11.8 Å². The van der Waals surface area contributed by atoms with Crippen molar-refractivity contribution in [2.45, 2.75) is 44.8 Å². The van der Waals surface area contributed by atoms with E-state index in [1.54, 1.807) is 0 Å². The van der Waals surface area contributed by atoms with E-state index in [2.05, 4.69) is 14.9 Å². The number of carboxylic acids is 1. The molecule has 1 aliphatic heterocycles. The van der Waals surface area contributed by atoms with E-state index in [9.17, 15) is 9.59 Å². The van der Waals surface area contributed by atoms with Crippen LogP contribution in [0.5, 0.6) is 0 Å². The van der Waals surface area contributed by atoms with Crippen LogP contribution >= 0.6 is 11.5 Å². The summed E-state index contributed by atoms with van der Waals surface area (Å²) < 4.78 is 9.12. The number of nitrogens with zero attached hydrogens (tertiary/aromatic N) is 2. The Morgan fingerprint density at radius 2 is 2.30 bits per heavy atom. The third kappa shape index (κ3) is 3.51. The van der Waals surface area contributed by atoms with E-state index in [1.165, 1.54) is 0 Å². The number of rotatable bonds is 6. The number of carboxylic acid groups (broad SMARTS) is 1. The van der Waals surface area contributed by atoms with Crippen molar-refractivity contribution in [3.05, 3.63) is 10.6 Å². The largest absolute Gasteiger partial charge is 0.479 e. The molecule has 1 aromatic rings. The lowest BCUT2D eigenvalue weighted by atomic mass is 10.2. The highest BCUT2D eigenvalue weighted by molar-refractivity contribution is 7.08. The molecule has 0 aromatic carbocycles. The van der Waals surface area contributed by atoms with Crippen molar-refractivity contribution in [2.75, 3.05) is 6.54 Å². The number of hydrogen-bond donors (Lipinski definition) is 2. The number of nitrogens with one attached hydrogen (secondary N) is 1. The summed E-state index contributed by atoms with van der Waals surface area (Å²) in [5.74, 6) is -1.17. The molecule has 2 N–H and O–H groups in total. The Labute approximate surface area is 120 Å². The molecule has 0 bridgehead atoms. The van der Waals surface area contributed by atoms with Crippen molar-refractivity contribution in [1.82, 2.24) is 14.9 Å². The summed E-state index contributed by atoms with van der Waals surface area (Å²) in [7, 11) is 0. The second-order valence-electron chi connectivity index (χ2n) is 4.67. The molecule has 110 valence electrons. The molecule has 0 radical (unpaired) electrons. The van der Waals surface area contributed by atoms with Gasteiger partial charge < -0.3 is 15.2 Å². The van der Waals surface area contributed by atoms with Crippen molar-refractivity contribution in [2.24, 2.45) is 0 Å². The average molecular weight is 299 g/mol. The third-order valence-corrected chi connectivity index (χ3v) is 3.89. The first-order valence-electron chi connectivity index (χ1n) is 6.59. The lowest BCUT2D eigenvalue weighted by Gasteiger charge is -2.11. The summed E-state index contributed by atoms with van der Waals surface area (Å²) in [6.45, 7) is 2.32. The van der Waals surface area contributed by atoms with Gasteiger partial charge in [0.1, 0.15) is 4.88 Å². The second-order valence-corrected chi connectivity index (χ2v) is 5.43. The molecule has 1 amide bonds. The summed E-state index contributed by atoms with van der Waals surface area (Å²) >= 11 is 1.08. The molecule has 1 aromatic heterocycles. The molecule has 20 heavy (non-hydrogen) atoms. The predicted octanol–water partition coefficient (Wildman–Crippen LogP) is 0.853. The molecule has 1 saturated heterocycles. The van der Waals surface area contributed by atoms with Crippen molar-refractivity contribution in [3.8, 4) is 0 Å². The zero-order chi connectivity index (χ0) is 14.5. The normalized spacial score (nSPS) is 21.9. The smallest absolute Gasteiger partial charge is 0.332 e. The number of carbonyl (C=O) groups excluding carboxylic acids is 1.